The normalized spacial score (nSPS) is 22.2. The predicted molar refractivity (Wildman–Crippen MR) is 60.1 cm³/mol. The number of primary amides is 1. The molecule has 6 nitrogen and oxygen atoms in total. The average Bonchev–Trinajstić information content (AvgIpc) is 2.23. The molecule has 1 fully saturated rings. The van der Waals surface area contributed by atoms with E-state index in [1.54, 1.807) is 0 Å². The molecule has 1 atom stereocenters. The molecule has 0 aromatic rings. The zero-order valence-corrected chi connectivity index (χ0v) is 9.78. The van der Waals surface area contributed by atoms with Gasteiger partial charge in [0.1, 0.15) is 6.61 Å². The predicted octanol–water partition coefficient (Wildman–Crippen LogP) is -1.59. The highest BCUT2D eigenvalue weighted by molar-refractivity contribution is 5.74. The summed E-state index contributed by atoms with van der Waals surface area (Å²) in [5, 5.41) is 3.22. The van der Waals surface area contributed by atoms with Crippen molar-refractivity contribution in [2.24, 2.45) is 5.73 Å². The van der Waals surface area contributed by atoms with E-state index in [9.17, 15) is 4.79 Å². The summed E-state index contributed by atoms with van der Waals surface area (Å²) in [5.41, 5.74) is 4.93. The molecule has 1 amide bonds. The number of nitrogens with one attached hydrogen (secondary N) is 1. The molecule has 1 heterocycles. The lowest BCUT2D eigenvalue weighted by Gasteiger charge is -2.30. The van der Waals surface area contributed by atoms with Crippen LogP contribution in [0.25, 0.3) is 0 Å². The molecule has 0 bridgehead atoms. The number of likely N-dealkylation sites (N-methyl/N-ethyl adjacent to an activating group) is 1. The van der Waals surface area contributed by atoms with Gasteiger partial charge in [-0.25, -0.2) is 0 Å². The highest BCUT2D eigenvalue weighted by Gasteiger charge is 2.16. The molecule has 3 N–H and O–H groups in total. The van der Waals surface area contributed by atoms with Crippen LogP contribution < -0.4 is 11.1 Å². The summed E-state index contributed by atoms with van der Waals surface area (Å²) in [4.78, 5) is 12.6. The lowest BCUT2D eigenvalue weighted by Crippen LogP contribution is -2.45. The molecule has 0 aliphatic carbocycles. The fraction of sp³-hybridized carbons (Fsp3) is 0.900. The van der Waals surface area contributed by atoms with Gasteiger partial charge in [-0.1, -0.05) is 0 Å². The fourth-order valence-electron chi connectivity index (χ4n) is 1.57. The van der Waals surface area contributed by atoms with Crippen LogP contribution in [-0.4, -0.2) is 70.0 Å². The molecule has 1 aliphatic heterocycles. The van der Waals surface area contributed by atoms with E-state index < -0.39 is 5.91 Å². The second-order valence-electron chi connectivity index (χ2n) is 3.98. The largest absolute Gasteiger partial charge is 0.374 e. The molecule has 6 heteroatoms. The number of carbonyl (C=O) groups is 1. The molecule has 0 aromatic heterocycles. The summed E-state index contributed by atoms with van der Waals surface area (Å²) in [6.45, 7) is 4.74. The van der Waals surface area contributed by atoms with Gasteiger partial charge in [-0.2, -0.15) is 0 Å². The molecular formula is C10H21N3O3. The number of ether oxygens (including phenoxy) is 2. The van der Waals surface area contributed by atoms with E-state index in [4.69, 9.17) is 15.2 Å². The number of hydrogen-bond acceptors (Lipinski definition) is 5. The number of hydrogen-bond donors (Lipinski definition) is 2. The molecule has 94 valence electrons. The first-order valence-electron chi connectivity index (χ1n) is 5.55. The molecule has 1 rings (SSSR count). The third-order valence-corrected chi connectivity index (χ3v) is 2.38. The van der Waals surface area contributed by atoms with E-state index in [1.807, 2.05) is 0 Å². The Hall–Kier alpha value is -0.690. The maximum absolute atomic E-state index is 10.4. The summed E-state index contributed by atoms with van der Waals surface area (Å²) in [5.74, 6) is -0.433. The topological polar surface area (TPSA) is 76.8 Å². The lowest BCUT2D eigenvalue weighted by atomic mass is 10.3. The minimum atomic E-state index is -0.433. The highest BCUT2D eigenvalue weighted by atomic mass is 16.5. The number of rotatable bonds is 7. The van der Waals surface area contributed by atoms with Crippen LogP contribution in [0.4, 0.5) is 0 Å². The Morgan fingerprint density at radius 1 is 1.69 bits per heavy atom. The lowest BCUT2D eigenvalue weighted by molar-refractivity contribution is -0.122. The average molecular weight is 231 g/mol. The highest BCUT2D eigenvalue weighted by Crippen LogP contribution is 2.00. The van der Waals surface area contributed by atoms with Gasteiger partial charge in [0.2, 0.25) is 5.91 Å². The quantitative estimate of drug-likeness (QED) is 0.517. The van der Waals surface area contributed by atoms with Gasteiger partial charge in [-0.15, -0.1) is 0 Å². The number of amides is 1. The van der Waals surface area contributed by atoms with Gasteiger partial charge in [-0.05, 0) is 7.05 Å². The van der Waals surface area contributed by atoms with Crippen molar-refractivity contribution in [3.8, 4) is 0 Å². The van der Waals surface area contributed by atoms with Crippen molar-refractivity contribution in [3.63, 3.8) is 0 Å². The van der Waals surface area contributed by atoms with Crippen molar-refractivity contribution in [3.05, 3.63) is 0 Å². The van der Waals surface area contributed by atoms with Crippen molar-refractivity contribution in [2.45, 2.75) is 6.10 Å². The molecule has 0 radical (unpaired) electrons. The molecule has 16 heavy (non-hydrogen) atoms. The van der Waals surface area contributed by atoms with E-state index in [2.05, 4.69) is 17.3 Å². The summed E-state index contributed by atoms with van der Waals surface area (Å²) in [7, 11) is 2.09. The SMILES string of the molecule is CN1CCOC(CNCCOCC(N)=O)C1. The number of nitrogens with two attached hydrogens (primary N) is 1. The van der Waals surface area contributed by atoms with Crippen molar-refractivity contribution in [1.82, 2.24) is 10.2 Å². The minimum Gasteiger partial charge on any atom is -0.374 e. The van der Waals surface area contributed by atoms with Crippen LogP contribution in [0.3, 0.4) is 0 Å². The molecule has 1 aliphatic rings. The van der Waals surface area contributed by atoms with E-state index in [0.29, 0.717) is 13.2 Å². The second-order valence-corrected chi connectivity index (χ2v) is 3.98. The molecular weight excluding hydrogens is 210 g/mol. The van der Waals surface area contributed by atoms with E-state index in [1.165, 1.54) is 0 Å². The van der Waals surface area contributed by atoms with Gasteiger partial charge in [0.25, 0.3) is 0 Å². The molecule has 0 aromatic carbocycles. The zero-order chi connectivity index (χ0) is 11.8. The molecule has 1 unspecified atom stereocenters. The third kappa shape index (κ3) is 6.02. The maximum Gasteiger partial charge on any atom is 0.243 e. The van der Waals surface area contributed by atoms with Crippen molar-refractivity contribution in [1.29, 1.82) is 0 Å². The van der Waals surface area contributed by atoms with Crippen LogP contribution in [0.5, 0.6) is 0 Å². The van der Waals surface area contributed by atoms with Crippen LogP contribution in [0, 0.1) is 0 Å². The van der Waals surface area contributed by atoms with Gasteiger partial charge in [0.15, 0.2) is 0 Å². The molecule has 0 spiro atoms. The van der Waals surface area contributed by atoms with Gasteiger partial charge < -0.3 is 25.4 Å². The fourth-order valence-corrected chi connectivity index (χ4v) is 1.57. The first-order chi connectivity index (χ1) is 7.68. The van der Waals surface area contributed by atoms with Crippen LogP contribution >= 0.6 is 0 Å². The zero-order valence-electron chi connectivity index (χ0n) is 9.78. The van der Waals surface area contributed by atoms with Crippen LogP contribution in [-0.2, 0) is 14.3 Å². The minimum absolute atomic E-state index is 0.00958. The van der Waals surface area contributed by atoms with E-state index in [-0.39, 0.29) is 12.7 Å². The number of nitrogens with zero attached hydrogens (tertiary/aromatic N) is 1. The van der Waals surface area contributed by atoms with Gasteiger partial charge in [0.05, 0.1) is 19.3 Å². The van der Waals surface area contributed by atoms with Gasteiger partial charge >= 0.3 is 0 Å². The van der Waals surface area contributed by atoms with Crippen LogP contribution in [0.1, 0.15) is 0 Å². The second kappa shape index (κ2) is 7.56. The summed E-state index contributed by atoms with van der Waals surface area (Å²) >= 11 is 0. The first-order valence-corrected chi connectivity index (χ1v) is 5.55. The Balaban J connectivity index is 1.92. The maximum atomic E-state index is 10.4. The van der Waals surface area contributed by atoms with Gasteiger partial charge in [0, 0.05) is 26.2 Å². The Labute approximate surface area is 96.1 Å². The molecule has 1 saturated heterocycles. The Kier molecular flexibility index (Phi) is 6.32. The summed E-state index contributed by atoms with van der Waals surface area (Å²) in [6.07, 6.45) is 0.245. The van der Waals surface area contributed by atoms with Crippen LogP contribution in [0.15, 0.2) is 0 Å². The van der Waals surface area contributed by atoms with Crippen molar-refractivity contribution < 1.29 is 14.3 Å². The number of carbonyl (C=O) groups excluding carboxylic acids is 1. The van der Waals surface area contributed by atoms with Crippen LogP contribution in [0.2, 0.25) is 0 Å². The van der Waals surface area contributed by atoms with Gasteiger partial charge in [-0.3, -0.25) is 4.79 Å². The van der Waals surface area contributed by atoms with Crippen molar-refractivity contribution >= 4 is 5.91 Å². The smallest absolute Gasteiger partial charge is 0.243 e. The first kappa shape index (κ1) is 13.4. The van der Waals surface area contributed by atoms with Crippen molar-refractivity contribution in [2.75, 3.05) is 53.0 Å². The Morgan fingerprint density at radius 3 is 3.19 bits per heavy atom. The summed E-state index contributed by atoms with van der Waals surface area (Å²) in [6, 6.07) is 0. The standard InChI is InChI=1S/C10H21N3O3/c1-13-3-5-16-9(7-13)6-12-2-4-15-8-10(11)14/h9,12H,2-8H2,1H3,(H2,11,14). The molecule has 0 saturated carbocycles. The summed E-state index contributed by atoms with van der Waals surface area (Å²) < 4.78 is 10.6. The Bertz CT molecular complexity index is 213. The van der Waals surface area contributed by atoms with E-state index in [0.717, 1.165) is 26.2 Å². The number of morpholine rings is 1. The Morgan fingerprint density at radius 2 is 2.50 bits per heavy atom. The third-order valence-electron chi connectivity index (χ3n) is 2.38. The monoisotopic (exact) mass is 231 g/mol. The van der Waals surface area contributed by atoms with E-state index >= 15 is 0 Å².